The van der Waals surface area contributed by atoms with Crippen LogP contribution < -0.4 is 0 Å². The molecule has 0 spiro atoms. The quantitative estimate of drug-likeness (QED) is 0.0222. The second-order valence-electron chi connectivity index (χ2n) is 33.5. The molecule has 0 aliphatic carbocycles. The molecular weight excluding hydrogens is 1440 g/mol. The van der Waals surface area contributed by atoms with Crippen LogP contribution in [0.4, 0.5) is 0 Å². The first-order valence-electron chi connectivity index (χ1n) is 47.6. The third kappa shape index (κ3) is 82.9. The van der Waals surface area contributed by atoms with Gasteiger partial charge in [0.2, 0.25) is 0 Å². The van der Waals surface area contributed by atoms with Gasteiger partial charge in [-0.05, 0) is 37.5 Å². The van der Waals surface area contributed by atoms with Crippen molar-refractivity contribution in [1.29, 1.82) is 0 Å². The summed E-state index contributed by atoms with van der Waals surface area (Å²) in [6.07, 6.45) is 78.0. The van der Waals surface area contributed by atoms with Crippen LogP contribution >= 0.6 is 15.6 Å². The van der Waals surface area contributed by atoms with Crippen molar-refractivity contribution in [1.82, 2.24) is 0 Å². The smallest absolute Gasteiger partial charge is 0.462 e. The van der Waals surface area contributed by atoms with Crippen LogP contribution in [-0.2, 0) is 65.4 Å². The Morgan fingerprint density at radius 2 is 0.432 bits per heavy atom. The molecule has 0 aromatic heterocycles. The molecule has 0 saturated carbocycles. The minimum atomic E-state index is -4.97. The Hall–Kier alpha value is -1.94. The molecule has 0 aromatic rings. The Bertz CT molecular complexity index is 2120. The Balaban J connectivity index is 5.22. The predicted octanol–water partition coefficient (Wildman–Crippen LogP) is 28.6. The molecule has 17 nitrogen and oxygen atoms in total. The monoisotopic (exact) mass is 1620 g/mol. The van der Waals surface area contributed by atoms with Crippen molar-refractivity contribution in [2.75, 3.05) is 39.6 Å². The van der Waals surface area contributed by atoms with E-state index < -0.39 is 97.5 Å². The number of hydrogen-bond donors (Lipinski definition) is 3. The molecule has 19 heteroatoms. The molecule has 660 valence electrons. The van der Waals surface area contributed by atoms with E-state index in [0.29, 0.717) is 25.7 Å². The summed E-state index contributed by atoms with van der Waals surface area (Å²) in [5, 5.41) is 10.7. The average molecular weight is 1620 g/mol. The lowest BCUT2D eigenvalue weighted by Crippen LogP contribution is -2.30. The summed E-state index contributed by atoms with van der Waals surface area (Å²) in [6.45, 7) is 9.71. The number of rotatable bonds is 91. The number of hydrogen-bond acceptors (Lipinski definition) is 15. The van der Waals surface area contributed by atoms with Gasteiger partial charge in [-0.15, -0.1) is 0 Å². The highest BCUT2D eigenvalue weighted by atomic mass is 31.2. The molecule has 0 aliphatic heterocycles. The van der Waals surface area contributed by atoms with Crippen molar-refractivity contribution in [3.05, 3.63) is 0 Å². The Morgan fingerprint density at radius 1 is 0.252 bits per heavy atom. The summed E-state index contributed by atoms with van der Waals surface area (Å²) in [6, 6.07) is 0. The molecular formula is C92H180O17P2. The van der Waals surface area contributed by atoms with Crippen LogP contribution in [0.25, 0.3) is 0 Å². The number of unbranched alkanes of at least 4 members (excludes halogenated alkanes) is 59. The molecule has 111 heavy (non-hydrogen) atoms. The lowest BCUT2D eigenvalue weighted by molar-refractivity contribution is -0.161. The lowest BCUT2D eigenvalue weighted by atomic mass is 9.99. The topological polar surface area (TPSA) is 237 Å². The molecule has 0 heterocycles. The number of carbonyl (C=O) groups is 4. The average Bonchev–Trinajstić information content (AvgIpc) is 0.903. The summed E-state index contributed by atoms with van der Waals surface area (Å²) in [5.41, 5.74) is 0. The third-order valence-corrected chi connectivity index (χ3v) is 24.3. The zero-order valence-corrected chi connectivity index (χ0v) is 75.1. The van der Waals surface area contributed by atoms with Crippen LogP contribution in [0.15, 0.2) is 0 Å². The highest BCUT2D eigenvalue weighted by molar-refractivity contribution is 7.47. The Morgan fingerprint density at radius 3 is 0.640 bits per heavy atom. The van der Waals surface area contributed by atoms with E-state index in [2.05, 4.69) is 41.5 Å². The van der Waals surface area contributed by atoms with Crippen LogP contribution in [0.1, 0.15) is 497 Å². The predicted molar refractivity (Wildman–Crippen MR) is 460 cm³/mol. The molecule has 0 radical (unpaired) electrons. The van der Waals surface area contributed by atoms with Crippen LogP contribution in [0, 0.1) is 11.8 Å². The number of esters is 4. The van der Waals surface area contributed by atoms with Crippen molar-refractivity contribution in [3.8, 4) is 0 Å². The minimum absolute atomic E-state index is 0.107. The van der Waals surface area contributed by atoms with Crippen LogP contribution in [0.5, 0.6) is 0 Å². The van der Waals surface area contributed by atoms with Gasteiger partial charge in [-0.1, -0.05) is 446 Å². The molecule has 0 amide bonds. The molecule has 4 unspecified atom stereocenters. The number of ether oxygens (including phenoxy) is 4. The molecule has 0 aromatic carbocycles. The fraction of sp³-hybridized carbons (Fsp3) is 0.957. The van der Waals surface area contributed by atoms with E-state index in [1.165, 1.54) is 308 Å². The van der Waals surface area contributed by atoms with Gasteiger partial charge >= 0.3 is 39.5 Å². The van der Waals surface area contributed by atoms with Crippen LogP contribution in [0.2, 0.25) is 0 Å². The van der Waals surface area contributed by atoms with Gasteiger partial charge < -0.3 is 33.8 Å². The summed E-state index contributed by atoms with van der Waals surface area (Å²) in [7, 11) is -9.94. The van der Waals surface area contributed by atoms with Gasteiger partial charge in [0.1, 0.15) is 19.3 Å². The molecule has 3 N–H and O–H groups in total. The zero-order valence-electron chi connectivity index (χ0n) is 73.3. The second kappa shape index (κ2) is 83.1. The first-order chi connectivity index (χ1) is 53.9. The highest BCUT2D eigenvalue weighted by Crippen LogP contribution is 2.45. The van der Waals surface area contributed by atoms with Crippen LogP contribution in [-0.4, -0.2) is 96.7 Å². The molecule has 0 aliphatic rings. The fourth-order valence-electron chi connectivity index (χ4n) is 14.4. The summed E-state index contributed by atoms with van der Waals surface area (Å²) < 4.78 is 69.1. The van der Waals surface area contributed by atoms with E-state index in [4.69, 9.17) is 37.0 Å². The second-order valence-corrected chi connectivity index (χ2v) is 36.4. The van der Waals surface area contributed by atoms with Gasteiger partial charge in [0, 0.05) is 25.7 Å². The van der Waals surface area contributed by atoms with E-state index in [1.54, 1.807) is 0 Å². The van der Waals surface area contributed by atoms with Gasteiger partial charge in [-0.25, -0.2) is 9.13 Å². The summed E-state index contributed by atoms with van der Waals surface area (Å²) >= 11 is 0. The van der Waals surface area contributed by atoms with Gasteiger partial charge in [0.05, 0.1) is 26.4 Å². The lowest BCUT2D eigenvalue weighted by Gasteiger charge is -2.21. The fourth-order valence-corrected chi connectivity index (χ4v) is 16.0. The van der Waals surface area contributed by atoms with Gasteiger partial charge in [-0.2, -0.15) is 0 Å². The van der Waals surface area contributed by atoms with Gasteiger partial charge in [0.25, 0.3) is 0 Å². The van der Waals surface area contributed by atoms with E-state index in [0.717, 1.165) is 108 Å². The van der Waals surface area contributed by atoms with Crippen LogP contribution in [0.3, 0.4) is 0 Å². The standard InChI is InChI=1S/C92H180O17P2/c1-7-11-13-15-17-19-21-23-25-27-29-31-33-35-37-39-44-48-52-56-64-70-76-91(96)108-87(80-102-89(94)74-68-62-55-51-47-43-38-36-34-32-30-28-26-24-22-20-18-16-14-12-8-2)82-106-110(98,99)104-78-86(93)79-105-111(100,101)107-83-88(81-103-90(95)75-69-63-59-58-61-67-73-85(6)10-4)109-92(97)77-71-65-57-53-49-45-41-40-42-46-50-54-60-66-72-84(5)9-3/h84-88,93H,7-83H2,1-6H3,(H,98,99)(H,100,101)/t84?,85?,86-,87-,88-/m1/s1. The molecule has 0 rings (SSSR count). The highest BCUT2D eigenvalue weighted by Gasteiger charge is 2.31. The Labute approximate surface area is 683 Å². The van der Waals surface area contributed by atoms with E-state index in [9.17, 15) is 43.2 Å². The molecule has 0 fully saturated rings. The maximum Gasteiger partial charge on any atom is 0.472 e. The number of phosphoric ester groups is 2. The van der Waals surface area contributed by atoms with Crippen molar-refractivity contribution in [3.63, 3.8) is 0 Å². The van der Waals surface area contributed by atoms with E-state index >= 15 is 0 Å². The Kier molecular flexibility index (Phi) is 81.7. The minimum Gasteiger partial charge on any atom is -0.462 e. The first kappa shape index (κ1) is 109. The van der Waals surface area contributed by atoms with Crippen molar-refractivity contribution in [2.24, 2.45) is 11.8 Å². The maximum absolute atomic E-state index is 13.2. The summed E-state index contributed by atoms with van der Waals surface area (Å²) in [4.78, 5) is 73.4. The normalized spacial score (nSPS) is 14.2. The van der Waals surface area contributed by atoms with Crippen molar-refractivity contribution < 1.29 is 80.2 Å². The molecule has 7 atom stereocenters. The van der Waals surface area contributed by atoms with Gasteiger partial charge in [0.15, 0.2) is 12.2 Å². The number of carbonyl (C=O) groups excluding carboxylic acids is 4. The molecule has 0 saturated heterocycles. The molecule has 0 bridgehead atoms. The maximum atomic E-state index is 13.2. The first-order valence-corrected chi connectivity index (χ1v) is 50.6. The largest absolute Gasteiger partial charge is 0.472 e. The van der Waals surface area contributed by atoms with Crippen molar-refractivity contribution >= 4 is 39.5 Å². The number of phosphoric acid groups is 2. The summed E-state index contributed by atoms with van der Waals surface area (Å²) in [5.74, 6) is -0.522. The van der Waals surface area contributed by atoms with E-state index in [-0.39, 0.29) is 25.7 Å². The SMILES string of the molecule is CCCCCCCCCCCCCCCCCCCCCCCCC(=O)O[C@H](COC(=O)CCCCCCCCCCCCCCCCCCCCCCC)COP(=O)(O)OC[C@@H](O)COP(=O)(O)OC[C@@H](COC(=O)CCCCCCCCC(C)CC)OC(=O)CCCCCCCCCCCCCCCCC(C)CC. The number of aliphatic hydroxyl groups excluding tert-OH is 1. The van der Waals surface area contributed by atoms with Crippen molar-refractivity contribution in [2.45, 2.75) is 516 Å². The van der Waals surface area contributed by atoms with Gasteiger partial charge in [-0.3, -0.25) is 37.3 Å². The van der Waals surface area contributed by atoms with E-state index in [1.807, 2.05) is 0 Å². The number of aliphatic hydroxyl groups is 1. The third-order valence-electron chi connectivity index (χ3n) is 22.4. The zero-order chi connectivity index (χ0) is 81.3.